The van der Waals surface area contributed by atoms with Gasteiger partial charge in [-0.05, 0) is 19.9 Å². The Morgan fingerprint density at radius 1 is 1.39 bits per heavy atom. The number of nitrogens with zero attached hydrogens (tertiary/aromatic N) is 2. The van der Waals surface area contributed by atoms with Crippen molar-refractivity contribution in [2.24, 2.45) is 0 Å². The predicted molar refractivity (Wildman–Crippen MR) is 69.1 cm³/mol. The van der Waals surface area contributed by atoms with Crippen LogP contribution in [0.2, 0.25) is 0 Å². The van der Waals surface area contributed by atoms with Crippen molar-refractivity contribution in [2.75, 3.05) is 0 Å². The van der Waals surface area contributed by atoms with Crippen molar-refractivity contribution in [3.63, 3.8) is 0 Å². The highest BCUT2D eigenvalue weighted by molar-refractivity contribution is 5.25. The Kier molecular flexibility index (Phi) is 4.30. The van der Waals surface area contributed by atoms with Crippen molar-refractivity contribution >= 4 is 0 Å². The number of nitrogens with one attached hydrogen (secondary N) is 2. The van der Waals surface area contributed by atoms with Gasteiger partial charge in [0.25, 0.3) is 0 Å². The van der Waals surface area contributed by atoms with E-state index < -0.39 is 0 Å². The number of rotatable bonds is 6. The first-order valence-corrected chi connectivity index (χ1v) is 6.04. The largest absolute Gasteiger partial charge is 0.475 e. The quantitative estimate of drug-likeness (QED) is 0.817. The van der Waals surface area contributed by atoms with Gasteiger partial charge in [0, 0.05) is 36.7 Å². The fourth-order valence-electron chi connectivity index (χ4n) is 1.60. The molecular weight excluding hydrogens is 228 g/mol. The van der Waals surface area contributed by atoms with Crippen LogP contribution < -0.4 is 10.1 Å². The number of ether oxygens (including phenoxy) is 1. The zero-order chi connectivity index (χ0) is 12.8. The van der Waals surface area contributed by atoms with Crippen LogP contribution in [0, 0.1) is 0 Å². The summed E-state index contributed by atoms with van der Waals surface area (Å²) in [5, 5.41) is 3.33. The second kappa shape index (κ2) is 6.16. The van der Waals surface area contributed by atoms with Crippen LogP contribution in [0.15, 0.2) is 30.9 Å². The summed E-state index contributed by atoms with van der Waals surface area (Å²) in [7, 11) is 0. The molecule has 0 aliphatic carbocycles. The third-order valence-electron chi connectivity index (χ3n) is 2.38. The first-order chi connectivity index (χ1) is 8.75. The average Bonchev–Trinajstić information content (AvgIpc) is 2.84. The lowest BCUT2D eigenvalue weighted by atomic mass is 10.2. The van der Waals surface area contributed by atoms with Gasteiger partial charge in [-0.25, -0.2) is 9.97 Å². The summed E-state index contributed by atoms with van der Waals surface area (Å²) >= 11 is 0. The molecule has 2 aromatic heterocycles. The number of hydrogen-bond donors (Lipinski definition) is 2. The van der Waals surface area contributed by atoms with E-state index in [0.29, 0.717) is 5.88 Å². The molecule has 2 aromatic rings. The molecule has 0 aliphatic rings. The Labute approximate surface area is 107 Å². The number of hydrogen-bond acceptors (Lipinski definition) is 4. The molecule has 0 unspecified atom stereocenters. The van der Waals surface area contributed by atoms with Gasteiger partial charge in [0.15, 0.2) is 0 Å². The van der Waals surface area contributed by atoms with Gasteiger partial charge in [0.05, 0.1) is 12.4 Å². The molecule has 5 heteroatoms. The van der Waals surface area contributed by atoms with Gasteiger partial charge in [0.2, 0.25) is 5.88 Å². The number of imidazole rings is 1. The van der Waals surface area contributed by atoms with E-state index in [1.54, 1.807) is 12.5 Å². The minimum Gasteiger partial charge on any atom is -0.475 e. The Bertz CT molecular complexity index is 468. The second-order valence-electron chi connectivity index (χ2n) is 4.31. The molecule has 2 rings (SSSR count). The van der Waals surface area contributed by atoms with E-state index in [1.165, 1.54) is 0 Å². The Morgan fingerprint density at radius 2 is 2.28 bits per heavy atom. The van der Waals surface area contributed by atoms with Gasteiger partial charge in [-0.1, -0.05) is 6.07 Å². The van der Waals surface area contributed by atoms with Crippen molar-refractivity contribution in [1.82, 2.24) is 20.3 Å². The maximum absolute atomic E-state index is 5.66. The van der Waals surface area contributed by atoms with Crippen LogP contribution in [0.5, 0.6) is 5.88 Å². The predicted octanol–water partition coefficient (Wildman–Crippen LogP) is 1.88. The summed E-state index contributed by atoms with van der Waals surface area (Å²) in [5.74, 6) is 0.699. The monoisotopic (exact) mass is 246 g/mol. The normalized spacial score (nSPS) is 10.8. The molecule has 5 nitrogen and oxygen atoms in total. The maximum atomic E-state index is 5.66. The first-order valence-electron chi connectivity index (χ1n) is 6.04. The van der Waals surface area contributed by atoms with E-state index in [0.717, 1.165) is 24.3 Å². The highest BCUT2D eigenvalue weighted by Crippen LogP contribution is 2.15. The van der Waals surface area contributed by atoms with Crippen molar-refractivity contribution < 1.29 is 4.74 Å². The van der Waals surface area contributed by atoms with Crippen LogP contribution in [0.3, 0.4) is 0 Å². The van der Waals surface area contributed by atoms with E-state index in [1.807, 2.05) is 32.2 Å². The van der Waals surface area contributed by atoms with Gasteiger partial charge in [-0.15, -0.1) is 0 Å². The standard InChI is InChI=1S/C13H18N4O/c1-10(2)18-13-11(4-3-5-16-13)6-14-7-12-8-15-9-17-12/h3-5,8-10,14H,6-7H2,1-2H3,(H,15,17). The molecular formula is C13H18N4O. The molecule has 0 bridgehead atoms. The van der Waals surface area contributed by atoms with E-state index in [-0.39, 0.29) is 6.10 Å². The maximum Gasteiger partial charge on any atom is 0.218 e. The van der Waals surface area contributed by atoms with Gasteiger partial charge in [0.1, 0.15) is 0 Å². The lowest BCUT2D eigenvalue weighted by Gasteiger charge is -2.13. The number of H-pyrrole nitrogens is 1. The molecule has 0 aliphatic heterocycles. The van der Waals surface area contributed by atoms with E-state index in [4.69, 9.17) is 4.74 Å². The molecule has 0 aromatic carbocycles. The third-order valence-corrected chi connectivity index (χ3v) is 2.38. The second-order valence-corrected chi connectivity index (χ2v) is 4.31. The van der Waals surface area contributed by atoms with E-state index in [9.17, 15) is 0 Å². The molecule has 2 heterocycles. The zero-order valence-corrected chi connectivity index (χ0v) is 10.7. The molecule has 0 fully saturated rings. The fraction of sp³-hybridized carbons (Fsp3) is 0.385. The van der Waals surface area contributed by atoms with Gasteiger partial charge in [-0.2, -0.15) is 0 Å². The van der Waals surface area contributed by atoms with Crippen molar-refractivity contribution in [1.29, 1.82) is 0 Å². The summed E-state index contributed by atoms with van der Waals surface area (Å²) in [6, 6.07) is 3.94. The SMILES string of the molecule is CC(C)Oc1ncccc1CNCc1cnc[nH]1. The zero-order valence-electron chi connectivity index (χ0n) is 10.7. The molecule has 0 saturated carbocycles. The lowest BCUT2D eigenvalue weighted by molar-refractivity contribution is 0.229. The number of aromatic nitrogens is 3. The smallest absolute Gasteiger partial charge is 0.218 e. The Morgan fingerprint density at radius 3 is 3.00 bits per heavy atom. The average molecular weight is 246 g/mol. The van der Waals surface area contributed by atoms with Crippen molar-refractivity contribution in [2.45, 2.75) is 33.0 Å². The molecule has 0 amide bonds. The van der Waals surface area contributed by atoms with Crippen LogP contribution >= 0.6 is 0 Å². The van der Waals surface area contributed by atoms with Gasteiger partial charge in [-0.3, -0.25) is 0 Å². The highest BCUT2D eigenvalue weighted by Gasteiger charge is 2.06. The Balaban J connectivity index is 1.92. The number of aromatic amines is 1. The minimum absolute atomic E-state index is 0.131. The molecule has 2 N–H and O–H groups in total. The Hall–Kier alpha value is -1.88. The van der Waals surface area contributed by atoms with Crippen LogP contribution in [0.4, 0.5) is 0 Å². The van der Waals surface area contributed by atoms with Crippen molar-refractivity contribution in [3.05, 3.63) is 42.1 Å². The summed E-state index contributed by atoms with van der Waals surface area (Å²) in [4.78, 5) is 11.3. The van der Waals surface area contributed by atoms with E-state index >= 15 is 0 Å². The summed E-state index contributed by atoms with van der Waals surface area (Å²) in [5.41, 5.74) is 2.12. The van der Waals surface area contributed by atoms with Crippen LogP contribution in [0.1, 0.15) is 25.1 Å². The van der Waals surface area contributed by atoms with E-state index in [2.05, 4.69) is 20.3 Å². The van der Waals surface area contributed by atoms with Crippen molar-refractivity contribution in [3.8, 4) is 5.88 Å². The molecule has 18 heavy (non-hydrogen) atoms. The molecule has 96 valence electrons. The van der Waals surface area contributed by atoms with Gasteiger partial charge < -0.3 is 15.0 Å². The summed E-state index contributed by atoms with van der Waals surface area (Å²) in [6.45, 7) is 5.46. The fourth-order valence-corrected chi connectivity index (χ4v) is 1.60. The lowest BCUT2D eigenvalue weighted by Crippen LogP contribution is -2.16. The van der Waals surface area contributed by atoms with Crippen LogP contribution in [-0.2, 0) is 13.1 Å². The summed E-state index contributed by atoms with van der Waals surface area (Å²) < 4.78 is 5.66. The van der Waals surface area contributed by atoms with Crippen LogP contribution in [0.25, 0.3) is 0 Å². The number of pyridine rings is 1. The van der Waals surface area contributed by atoms with Gasteiger partial charge >= 0.3 is 0 Å². The topological polar surface area (TPSA) is 62.8 Å². The first kappa shape index (κ1) is 12.6. The molecule has 0 atom stereocenters. The molecule has 0 radical (unpaired) electrons. The molecule has 0 spiro atoms. The highest BCUT2D eigenvalue weighted by atomic mass is 16.5. The summed E-state index contributed by atoms with van der Waals surface area (Å²) in [6.07, 6.45) is 5.36. The molecule has 0 saturated heterocycles. The third kappa shape index (κ3) is 3.56. The minimum atomic E-state index is 0.131. The van der Waals surface area contributed by atoms with Crippen LogP contribution in [-0.4, -0.2) is 21.1 Å².